The third-order valence-corrected chi connectivity index (χ3v) is 4.78. The Balaban J connectivity index is 1.90. The molecule has 0 aromatic heterocycles. The molecule has 1 aliphatic rings. The molecule has 7 heteroatoms. The van der Waals surface area contributed by atoms with Crippen LogP contribution in [0.1, 0.15) is 11.1 Å². The summed E-state index contributed by atoms with van der Waals surface area (Å²) in [6, 6.07) is 11.4. The van der Waals surface area contributed by atoms with Crippen LogP contribution in [0.3, 0.4) is 0 Å². The summed E-state index contributed by atoms with van der Waals surface area (Å²) < 4.78 is 16.0. The van der Waals surface area contributed by atoms with Gasteiger partial charge in [-0.25, -0.2) is 4.99 Å². The van der Waals surface area contributed by atoms with Crippen LogP contribution in [0.5, 0.6) is 17.2 Å². The van der Waals surface area contributed by atoms with E-state index in [1.165, 1.54) is 11.8 Å². The van der Waals surface area contributed by atoms with Gasteiger partial charge in [0.25, 0.3) is 5.91 Å². The number of amidine groups is 1. The molecule has 1 N–H and O–H groups in total. The van der Waals surface area contributed by atoms with E-state index in [2.05, 4.69) is 10.3 Å². The molecule has 1 saturated heterocycles. The van der Waals surface area contributed by atoms with E-state index in [0.717, 1.165) is 16.8 Å². The number of aryl methyl sites for hydroxylation is 1. The van der Waals surface area contributed by atoms with Gasteiger partial charge in [0.15, 0.2) is 16.7 Å². The van der Waals surface area contributed by atoms with Crippen molar-refractivity contribution in [1.29, 1.82) is 0 Å². The SMILES string of the molecule is COc1cc(C=C2SC(=Nc3cccc(C)c3)NC2=O)cc(OC)c1OC. The maximum Gasteiger partial charge on any atom is 0.264 e. The van der Waals surface area contributed by atoms with Gasteiger partial charge < -0.3 is 19.5 Å². The predicted octanol–water partition coefficient (Wildman–Crippen LogP) is 3.91. The molecule has 27 heavy (non-hydrogen) atoms. The van der Waals surface area contributed by atoms with Gasteiger partial charge in [-0.15, -0.1) is 0 Å². The lowest BCUT2D eigenvalue weighted by atomic mass is 10.1. The van der Waals surface area contributed by atoms with Crippen LogP contribution in [0.2, 0.25) is 0 Å². The normalized spacial score (nSPS) is 16.5. The summed E-state index contributed by atoms with van der Waals surface area (Å²) in [5.74, 6) is 1.37. The number of benzene rings is 2. The fraction of sp³-hybridized carbons (Fsp3) is 0.200. The van der Waals surface area contributed by atoms with Crippen molar-refractivity contribution in [2.45, 2.75) is 6.92 Å². The van der Waals surface area contributed by atoms with Gasteiger partial charge in [-0.3, -0.25) is 4.79 Å². The predicted molar refractivity (Wildman–Crippen MR) is 108 cm³/mol. The lowest BCUT2D eigenvalue weighted by molar-refractivity contribution is -0.115. The van der Waals surface area contributed by atoms with Gasteiger partial charge in [-0.2, -0.15) is 0 Å². The zero-order valence-electron chi connectivity index (χ0n) is 15.5. The Bertz CT molecular complexity index is 912. The van der Waals surface area contributed by atoms with Crippen LogP contribution in [0.25, 0.3) is 6.08 Å². The number of methoxy groups -OCH3 is 3. The fourth-order valence-corrected chi connectivity index (χ4v) is 3.47. The van der Waals surface area contributed by atoms with Crippen molar-refractivity contribution < 1.29 is 19.0 Å². The van der Waals surface area contributed by atoms with Gasteiger partial charge in [0.1, 0.15) is 0 Å². The number of amides is 1. The second-order valence-corrected chi connectivity index (χ2v) is 6.81. The van der Waals surface area contributed by atoms with Crippen LogP contribution in [0.15, 0.2) is 46.3 Å². The van der Waals surface area contributed by atoms with E-state index < -0.39 is 0 Å². The van der Waals surface area contributed by atoms with Crippen LogP contribution in [-0.4, -0.2) is 32.4 Å². The molecule has 2 aromatic rings. The highest BCUT2D eigenvalue weighted by Crippen LogP contribution is 2.39. The van der Waals surface area contributed by atoms with Gasteiger partial charge in [-0.05, 0) is 60.2 Å². The molecule has 140 valence electrons. The molecule has 0 spiro atoms. The minimum absolute atomic E-state index is 0.194. The topological polar surface area (TPSA) is 69.2 Å². The molecular formula is C20H20N2O4S. The monoisotopic (exact) mass is 384 g/mol. The quantitative estimate of drug-likeness (QED) is 0.792. The fourth-order valence-electron chi connectivity index (χ4n) is 2.63. The summed E-state index contributed by atoms with van der Waals surface area (Å²) in [7, 11) is 4.66. The molecule has 0 bridgehead atoms. The molecule has 1 amide bonds. The second-order valence-electron chi connectivity index (χ2n) is 5.78. The van der Waals surface area contributed by atoms with Crippen molar-refractivity contribution in [2.24, 2.45) is 4.99 Å². The Hall–Kier alpha value is -2.93. The molecule has 2 aromatic carbocycles. The van der Waals surface area contributed by atoms with Gasteiger partial charge in [0, 0.05) is 0 Å². The molecule has 0 saturated carbocycles. The second kappa shape index (κ2) is 8.18. The number of hydrogen-bond acceptors (Lipinski definition) is 6. The summed E-state index contributed by atoms with van der Waals surface area (Å²) in [6.07, 6.45) is 1.77. The molecule has 0 atom stereocenters. The minimum atomic E-state index is -0.194. The standard InChI is InChI=1S/C20H20N2O4S/c1-12-6-5-7-14(8-12)21-20-22-19(23)17(27-20)11-13-9-15(24-2)18(26-4)16(10-13)25-3/h5-11H,1-4H3,(H,21,22,23). The van der Waals surface area contributed by atoms with Crippen molar-refractivity contribution in [3.05, 3.63) is 52.4 Å². The molecule has 1 heterocycles. The van der Waals surface area contributed by atoms with Crippen molar-refractivity contribution >= 4 is 34.6 Å². The Morgan fingerprint density at radius 1 is 1.04 bits per heavy atom. The highest BCUT2D eigenvalue weighted by atomic mass is 32.2. The van der Waals surface area contributed by atoms with E-state index in [1.54, 1.807) is 39.5 Å². The maximum absolute atomic E-state index is 12.3. The summed E-state index contributed by atoms with van der Waals surface area (Å²) >= 11 is 1.29. The summed E-state index contributed by atoms with van der Waals surface area (Å²) in [5, 5.41) is 3.34. The van der Waals surface area contributed by atoms with Crippen molar-refractivity contribution in [3.8, 4) is 17.2 Å². The summed E-state index contributed by atoms with van der Waals surface area (Å²) in [5.41, 5.74) is 2.67. The van der Waals surface area contributed by atoms with E-state index in [4.69, 9.17) is 14.2 Å². The van der Waals surface area contributed by atoms with Gasteiger partial charge in [-0.1, -0.05) is 12.1 Å². The van der Waals surface area contributed by atoms with Crippen molar-refractivity contribution in [1.82, 2.24) is 5.32 Å². The first-order chi connectivity index (χ1) is 13.0. The zero-order valence-corrected chi connectivity index (χ0v) is 16.3. The number of thioether (sulfide) groups is 1. The smallest absolute Gasteiger partial charge is 0.264 e. The molecule has 1 fully saturated rings. The van der Waals surface area contributed by atoms with Crippen LogP contribution < -0.4 is 19.5 Å². The van der Waals surface area contributed by atoms with Crippen molar-refractivity contribution in [3.63, 3.8) is 0 Å². The van der Waals surface area contributed by atoms with E-state index in [9.17, 15) is 4.79 Å². The zero-order chi connectivity index (χ0) is 19.4. The van der Waals surface area contributed by atoms with Gasteiger partial charge in [0.2, 0.25) is 5.75 Å². The number of nitrogens with one attached hydrogen (secondary N) is 1. The summed E-state index contributed by atoms with van der Waals surface area (Å²) in [6.45, 7) is 2.00. The number of carbonyl (C=O) groups is 1. The highest BCUT2D eigenvalue weighted by Gasteiger charge is 2.24. The molecule has 1 aliphatic heterocycles. The average Bonchev–Trinajstić information content (AvgIpc) is 2.99. The minimum Gasteiger partial charge on any atom is -0.493 e. The Morgan fingerprint density at radius 2 is 1.74 bits per heavy atom. The van der Waals surface area contributed by atoms with Crippen LogP contribution in [-0.2, 0) is 4.79 Å². The number of rotatable bonds is 5. The van der Waals surface area contributed by atoms with E-state index in [-0.39, 0.29) is 5.91 Å². The Morgan fingerprint density at radius 3 is 2.33 bits per heavy atom. The van der Waals surface area contributed by atoms with E-state index in [1.807, 2.05) is 31.2 Å². The molecule has 6 nitrogen and oxygen atoms in total. The first-order valence-corrected chi connectivity index (χ1v) is 9.02. The highest BCUT2D eigenvalue weighted by molar-refractivity contribution is 8.18. The van der Waals surface area contributed by atoms with E-state index in [0.29, 0.717) is 27.3 Å². The van der Waals surface area contributed by atoms with Crippen LogP contribution >= 0.6 is 11.8 Å². The van der Waals surface area contributed by atoms with Crippen LogP contribution in [0.4, 0.5) is 5.69 Å². The number of carbonyl (C=O) groups excluding carboxylic acids is 1. The average molecular weight is 384 g/mol. The lowest BCUT2D eigenvalue weighted by Crippen LogP contribution is -2.19. The van der Waals surface area contributed by atoms with Gasteiger partial charge in [0.05, 0.1) is 31.9 Å². The molecular weight excluding hydrogens is 364 g/mol. The first kappa shape index (κ1) is 18.8. The number of hydrogen-bond donors (Lipinski definition) is 1. The third-order valence-electron chi connectivity index (χ3n) is 3.87. The molecule has 3 rings (SSSR count). The number of nitrogens with zero attached hydrogens (tertiary/aromatic N) is 1. The third kappa shape index (κ3) is 4.25. The largest absolute Gasteiger partial charge is 0.493 e. The maximum atomic E-state index is 12.3. The lowest BCUT2D eigenvalue weighted by Gasteiger charge is -2.12. The van der Waals surface area contributed by atoms with Crippen LogP contribution in [0, 0.1) is 6.92 Å². The number of ether oxygens (including phenoxy) is 3. The summed E-state index contributed by atoms with van der Waals surface area (Å²) in [4.78, 5) is 17.3. The molecule has 0 radical (unpaired) electrons. The Labute approximate surface area is 162 Å². The molecule has 0 unspecified atom stereocenters. The van der Waals surface area contributed by atoms with E-state index >= 15 is 0 Å². The number of aliphatic imine (C=N–C) groups is 1. The first-order valence-electron chi connectivity index (χ1n) is 8.20. The van der Waals surface area contributed by atoms with Gasteiger partial charge >= 0.3 is 0 Å². The Kier molecular flexibility index (Phi) is 5.71. The molecule has 0 aliphatic carbocycles. The van der Waals surface area contributed by atoms with Crippen molar-refractivity contribution in [2.75, 3.05) is 21.3 Å².